The van der Waals surface area contributed by atoms with Crippen molar-refractivity contribution in [2.75, 3.05) is 13.1 Å². The number of carboxylic acids is 1. The van der Waals surface area contributed by atoms with Crippen molar-refractivity contribution >= 4 is 5.97 Å². The van der Waals surface area contributed by atoms with Gasteiger partial charge in [0.25, 0.3) is 0 Å². The van der Waals surface area contributed by atoms with E-state index in [9.17, 15) is 4.79 Å². The zero-order chi connectivity index (χ0) is 11.5. The first-order valence-corrected chi connectivity index (χ1v) is 5.52. The first-order chi connectivity index (χ1) is 7.65. The van der Waals surface area contributed by atoms with Crippen molar-refractivity contribution in [1.29, 1.82) is 0 Å². The van der Waals surface area contributed by atoms with Crippen LogP contribution in [0.25, 0.3) is 0 Å². The quantitative estimate of drug-likeness (QED) is 0.837. The molecule has 1 atom stereocenters. The first-order valence-electron chi connectivity index (χ1n) is 5.52. The van der Waals surface area contributed by atoms with Gasteiger partial charge >= 0.3 is 5.97 Å². The molecule has 0 bridgehead atoms. The molecule has 5 nitrogen and oxygen atoms in total. The number of aryl methyl sites for hydroxylation is 1. The molecular weight excluding hydrogens is 208 g/mol. The summed E-state index contributed by atoms with van der Waals surface area (Å²) >= 11 is 0. The van der Waals surface area contributed by atoms with Crippen molar-refractivity contribution in [2.24, 2.45) is 5.92 Å². The molecule has 2 rings (SSSR count). The average Bonchev–Trinajstić information content (AvgIpc) is 2.64. The Bertz CT molecular complexity index is 375. The fraction of sp³-hybridized carbons (Fsp3) is 0.636. The molecule has 1 aromatic rings. The summed E-state index contributed by atoms with van der Waals surface area (Å²) in [5.74, 6) is -0.135. The smallest absolute Gasteiger partial charge is 0.307 e. The molecular formula is C11H16N2O3. The van der Waals surface area contributed by atoms with Crippen LogP contribution in [0.4, 0.5) is 0 Å². The van der Waals surface area contributed by atoms with Crippen molar-refractivity contribution in [1.82, 2.24) is 10.1 Å². The van der Waals surface area contributed by atoms with Crippen molar-refractivity contribution in [2.45, 2.75) is 26.3 Å². The topological polar surface area (TPSA) is 66.6 Å². The van der Waals surface area contributed by atoms with Crippen LogP contribution in [0.5, 0.6) is 0 Å². The molecule has 0 spiro atoms. The molecule has 0 radical (unpaired) electrons. The third-order valence-electron chi connectivity index (χ3n) is 2.92. The Morgan fingerprint density at radius 1 is 1.75 bits per heavy atom. The van der Waals surface area contributed by atoms with Gasteiger partial charge in [-0.1, -0.05) is 5.16 Å². The van der Waals surface area contributed by atoms with E-state index in [0.29, 0.717) is 13.1 Å². The second-order valence-electron chi connectivity index (χ2n) is 4.34. The molecule has 16 heavy (non-hydrogen) atoms. The number of carboxylic acid groups (broad SMARTS) is 1. The minimum atomic E-state index is -0.693. The average molecular weight is 224 g/mol. The van der Waals surface area contributed by atoms with E-state index < -0.39 is 5.97 Å². The standard InChI is InChI=1S/C11H16N2O3/c1-8-5-10(12-16-8)7-13-4-2-3-9(6-13)11(14)15/h5,9H,2-4,6-7H2,1H3,(H,14,15)/t9-/m0/s1. The van der Waals surface area contributed by atoms with Gasteiger partial charge in [-0.25, -0.2) is 0 Å². The van der Waals surface area contributed by atoms with E-state index in [-0.39, 0.29) is 5.92 Å². The molecule has 0 aromatic carbocycles. The van der Waals surface area contributed by atoms with Crippen molar-refractivity contribution in [3.63, 3.8) is 0 Å². The minimum Gasteiger partial charge on any atom is -0.481 e. The van der Waals surface area contributed by atoms with Crippen LogP contribution in [0.15, 0.2) is 10.6 Å². The summed E-state index contributed by atoms with van der Waals surface area (Å²) in [6.07, 6.45) is 1.72. The van der Waals surface area contributed by atoms with Crippen LogP contribution in [0, 0.1) is 12.8 Å². The minimum absolute atomic E-state index is 0.234. The molecule has 2 heterocycles. The number of nitrogens with zero attached hydrogens (tertiary/aromatic N) is 2. The summed E-state index contributed by atoms with van der Waals surface area (Å²) in [5.41, 5.74) is 0.878. The molecule has 1 aliphatic rings. The number of aliphatic carboxylic acids is 1. The molecule has 1 aromatic heterocycles. The van der Waals surface area contributed by atoms with Gasteiger partial charge in [0.2, 0.25) is 0 Å². The molecule has 5 heteroatoms. The lowest BCUT2D eigenvalue weighted by Gasteiger charge is -2.29. The zero-order valence-corrected chi connectivity index (χ0v) is 9.35. The number of hydrogen-bond acceptors (Lipinski definition) is 4. The van der Waals surface area contributed by atoms with Crippen LogP contribution < -0.4 is 0 Å². The van der Waals surface area contributed by atoms with Gasteiger partial charge in [0.05, 0.1) is 11.6 Å². The highest BCUT2D eigenvalue weighted by molar-refractivity contribution is 5.70. The summed E-state index contributed by atoms with van der Waals surface area (Å²) in [5, 5.41) is 12.9. The van der Waals surface area contributed by atoms with Crippen molar-refractivity contribution in [3.05, 3.63) is 17.5 Å². The van der Waals surface area contributed by atoms with Gasteiger partial charge in [0, 0.05) is 19.2 Å². The van der Waals surface area contributed by atoms with Gasteiger partial charge in [-0.3, -0.25) is 9.69 Å². The number of hydrogen-bond donors (Lipinski definition) is 1. The lowest BCUT2D eigenvalue weighted by molar-refractivity contribution is -0.143. The Balaban J connectivity index is 1.92. The number of piperidine rings is 1. The van der Waals surface area contributed by atoms with Crippen LogP contribution in [0.1, 0.15) is 24.3 Å². The molecule has 1 saturated heterocycles. The monoisotopic (exact) mass is 224 g/mol. The van der Waals surface area contributed by atoms with Gasteiger partial charge in [0.1, 0.15) is 5.76 Å². The summed E-state index contributed by atoms with van der Waals surface area (Å²) in [6, 6.07) is 1.89. The highest BCUT2D eigenvalue weighted by Crippen LogP contribution is 2.18. The van der Waals surface area contributed by atoms with Crippen LogP contribution in [0.2, 0.25) is 0 Å². The van der Waals surface area contributed by atoms with Crippen LogP contribution in [-0.2, 0) is 11.3 Å². The molecule has 0 saturated carbocycles. The van der Waals surface area contributed by atoms with E-state index in [2.05, 4.69) is 10.1 Å². The Labute approximate surface area is 94.0 Å². The third-order valence-corrected chi connectivity index (χ3v) is 2.92. The Kier molecular flexibility index (Phi) is 3.24. The van der Waals surface area contributed by atoms with Gasteiger partial charge in [-0.2, -0.15) is 0 Å². The maximum absolute atomic E-state index is 10.9. The van der Waals surface area contributed by atoms with E-state index in [1.165, 1.54) is 0 Å². The van der Waals surface area contributed by atoms with E-state index >= 15 is 0 Å². The first kappa shape index (κ1) is 11.1. The van der Waals surface area contributed by atoms with E-state index in [4.69, 9.17) is 9.63 Å². The summed E-state index contributed by atoms with van der Waals surface area (Å²) < 4.78 is 4.99. The summed E-state index contributed by atoms with van der Waals surface area (Å²) in [6.45, 7) is 4.09. The largest absolute Gasteiger partial charge is 0.481 e. The second-order valence-corrected chi connectivity index (χ2v) is 4.34. The van der Waals surface area contributed by atoms with Gasteiger partial charge in [-0.05, 0) is 26.3 Å². The Morgan fingerprint density at radius 2 is 2.56 bits per heavy atom. The Hall–Kier alpha value is -1.36. The van der Waals surface area contributed by atoms with Crippen LogP contribution >= 0.6 is 0 Å². The SMILES string of the molecule is Cc1cc(CN2CCC[C@H](C(=O)O)C2)no1. The molecule has 1 N–H and O–H groups in total. The van der Waals surface area contributed by atoms with E-state index in [1.54, 1.807) is 0 Å². The van der Waals surface area contributed by atoms with Crippen molar-refractivity contribution in [3.8, 4) is 0 Å². The summed E-state index contributed by atoms with van der Waals surface area (Å²) in [7, 11) is 0. The lowest BCUT2D eigenvalue weighted by atomic mass is 9.98. The molecule has 0 amide bonds. The van der Waals surface area contributed by atoms with Gasteiger partial charge in [-0.15, -0.1) is 0 Å². The third kappa shape index (κ3) is 2.61. The number of likely N-dealkylation sites (tertiary alicyclic amines) is 1. The van der Waals surface area contributed by atoms with Gasteiger partial charge < -0.3 is 9.63 Å². The van der Waals surface area contributed by atoms with E-state index in [1.807, 2.05) is 13.0 Å². The van der Waals surface area contributed by atoms with Crippen LogP contribution in [-0.4, -0.2) is 34.2 Å². The number of carbonyl (C=O) groups is 1. The lowest BCUT2D eigenvalue weighted by Crippen LogP contribution is -2.38. The Morgan fingerprint density at radius 3 is 3.19 bits per heavy atom. The summed E-state index contributed by atoms with van der Waals surface area (Å²) in [4.78, 5) is 13.0. The second kappa shape index (κ2) is 4.65. The predicted molar refractivity (Wildman–Crippen MR) is 56.9 cm³/mol. The van der Waals surface area contributed by atoms with Crippen molar-refractivity contribution < 1.29 is 14.4 Å². The predicted octanol–water partition coefficient (Wildman–Crippen LogP) is 1.28. The van der Waals surface area contributed by atoms with Crippen LogP contribution in [0.3, 0.4) is 0 Å². The molecule has 1 aliphatic heterocycles. The van der Waals surface area contributed by atoms with E-state index in [0.717, 1.165) is 30.8 Å². The van der Waals surface area contributed by atoms with Gasteiger partial charge in [0.15, 0.2) is 0 Å². The number of aromatic nitrogens is 1. The maximum Gasteiger partial charge on any atom is 0.307 e. The zero-order valence-electron chi connectivity index (χ0n) is 9.35. The molecule has 0 unspecified atom stereocenters. The fourth-order valence-electron chi connectivity index (χ4n) is 2.12. The maximum atomic E-state index is 10.9. The highest BCUT2D eigenvalue weighted by atomic mass is 16.5. The highest BCUT2D eigenvalue weighted by Gasteiger charge is 2.25. The molecule has 1 fully saturated rings. The fourth-order valence-corrected chi connectivity index (χ4v) is 2.12. The normalized spacial score (nSPS) is 22.2. The molecule has 0 aliphatic carbocycles. The molecule has 88 valence electrons. The number of rotatable bonds is 3.